The normalized spacial score (nSPS) is 11.3. The summed E-state index contributed by atoms with van der Waals surface area (Å²) in [5.41, 5.74) is 4.08. The summed E-state index contributed by atoms with van der Waals surface area (Å²) in [7, 11) is -3.84. The highest BCUT2D eigenvalue weighted by Crippen LogP contribution is 2.27. The van der Waals surface area contributed by atoms with Crippen LogP contribution in [0.1, 0.15) is 27.9 Å². The van der Waals surface area contributed by atoms with Crippen LogP contribution in [0.3, 0.4) is 0 Å². The molecule has 0 aliphatic heterocycles. The number of sulfone groups is 1. The molecule has 0 saturated heterocycles. The molecule has 6 heteroatoms. The number of nitrogens with zero attached hydrogens (tertiary/aromatic N) is 2. The number of rotatable bonds is 4. The van der Waals surface area contributed by atoms with Crippen LogP contribution in [0.2, 0.25) is 0 Å². The van der Waals surface area contributed by atoms with Crippen molar-refractivity contribution in [3.8, 4) is 17.5 Å². The predicted molar refractivity (Wildman–Crippen MR) is 98.2 cm³/mol. The minimum absolute atomic E-state index is 0.126. The molecule has 1 heterocycles. The Hall–Kier alpha value is -2.91. The molecule has 0 atom stereocenters. The highest BCUT2D eigenvalue weighted by molar-refractivity contribution is 7.90. The Labute approximate surface area is 152 Å². The van der Waals surface area contributed by atoms with E-state index in [2.05, 4.69) is 4.98 Å². The van der Waals surface area contributed by atoms with Crippen LogP contribution in [0.15, 0.2) is 52.0 Å². The third kappa shape index (κ3) is 3.68. The quantitative estimate of drug-likeness (QED) is 0.694. The summed E-state index contributed by atoms with van der Waals surface area (Å²) < 4.78 is 31.1. The fourth-order valence-electron chi connectivity index (χ4n) is 2.84. The Balaban J connectivity index is 2.02. The lowest BCUT2D eigenvalue weighted by atomic mass is 10.1. The molecule has 3 aromatic rings. The number of nitriles is 1. The van der Waals surface area contributed by atoms with Crippen molar-refractivity contribution < 1.29 is 12.8 Å². The number of aromatic nitrogens is 1. The van der Waals surface area contributed by atoms with Gasteiger partial charge < -0.3 is 4.42 Å². The Morgan fingerprint density at radius 2 is 1.62 bits per heavy atom. The Bertz CT molecular complexity index is 1080. The van der Waals surface area contributed by atoms with Gasteiger partial charge in [-0.25, -0.2) is 8.42 Å². The highest BCUT2D eigenvalue weighted by Gasteiger charge is 2.27. The summed E-state index contributed by atoms with van der Waals surface area (Å²) in [6.45, 7) is 5.77. The summed E-state index contributed by atoms with van der Waals surface area (Å²) in [6.07, 6.45) is 0. The van der Waals surface area contributed by atoms with Gasteiger partial charge in [0.1, 0.15) is 6.07 Å². The van der Waals surface area contributed by atoms with Gasteiger partial charge in [-0.15, -0.1) is 0 Å². The SMILES string of the molecule is Cc1ccc(-c2nc(C#N)c(S(=O)(=O)Cc3cc(C)cc(C)c3)o2)cc1. The summed E-state index contributed by atoms with van der Waals surface area (Å²) in [6, 6.07) is 14.7. The smallest absolute Gasteiger partial charge is 0.257 e. The van der Waals surface area contributed by atoms with E-state index in [0.29, 0.717) is 11.1 Å². The monoisotopic (exact) mass is 366 g/mol. The summed E-state index contributed by atoms with van der Waals surface area (Å²) in [5.74, 6) is -0.118. The zero-order valence-corrected chi connectivity index (χ0v) is 15.6. The molecule has 1 aromatic heterocycles. The van der Waals surface area contributed by atoms with E-state index in [-0.39, 0.29) is 22.4 Å². The standard InChI is InChI=1S/C20H18N2O3S/c1-13-4-6-17(7-5-13)19-22-18(11-21)20(25-19)26(23,24)12-16-9-14(2)8-15(3)10-16/h4-10H,12H2,1-3H3. The molecule has 0 spiro atoms. The van der Waals surface area contributed by atoms with E-state index in [0.717, 1.165) is 16.7 Å². The van der Waals surface area contributed by atoms with Crippen molar-refractivity contribution >= 4 is 9.84 Å². The van der Waals surface area contributed by atoms with Crippen molar-refractivity contribution in [1.29, 1.82) is 5.26 Å². The first-order valence-corrected chi connectivity index (χ1v) is 9.71. The molecule has 0 bridgehead atoms. The maximum Gasteiger partial charge on any atom is 0.257 e. The van der Waals surface area contributed by atoms with Crippen molar-refractivity contribution in [2.75, 3.05) is 0 Å². The first-order valence-electron chi connectivity index (χ1n) is 8.06. The van der Waals surface area contributed by atoms with Crippen molar-refractivity contribution in [1.82, 2.24) is 4.98 Å². The third-order valence-corrected chi connectivity index (χ3v) is 5.48. The van der Waals surface area contributed by atoms with Gasteiger partial charge in [0.25, 0.3) is 5.09 Å². The predicted octanol–water partition coefficient (Wildman–Crippen LogP) is 4.11. The van der Waals surface area contributed by atoms with Crippen LogP contribution in [0.5, 0.6) is 0 Å². The number of hydrogen-bond acceptors (Lipinski definition) is 5. The lowest BCUT2D eigenvalue weighted by Crippen LogP contribution is -2.06. The number of hydrogen-bond donors (Lipinski definition) is 0. The first-order chi connectivity index (χ1) is 12.3. The molecule has 0 fully saturated rings. The molecule has 0 radical (unpaired) electrons. The largest absolute Gasteiger partial charge is 0.423 e. The Morgan fingerprint density at radius 3 is 2.19 bits per heavy atom. The molecular formula is C20H18N2O3S. The molecule has 0 amide bonds. The second-order valence-corrected chi connectivity index (χ2v) is 8.28. The van der Waals surface area contributed by atoms with Gasteiger partial charge in [0.05, 0.1) is 5.75 Å². The van der Waals surface area contributed by atoms with Gasteiger partial charge in [-0.3, -0.25) is 0 Å². The zero-order valence-electron chi connectivity index (χ0n) is 14.8. The molecule has 0 saturated carbocycles. The lowest BCUT2D eigenvalue weighted by molar-refractivity contribution is 0.457. The van der Waals surface area contributed by atoms with Gasteiger partial charge in [0.2, 0.25) is 15.7 Å². The van der Waals surface area contributed by atoms with Gasteiger partial charge in [-0.1, -0.05) is 47.0 Å². The van der Waals surface area contributed by atoms with Gasteiger partial charge in [-0.2, -0.15) is 10.2 Å². The van der Waals surface area contributed by atoms with E-state index in [1.54, 1.807) is 12.1 Å². The van der Waals surface area contributed by atoms with Crippen LogP contribution in [-0.4, -0.2) is 13.4 Å². The Kier molecular flexibility index (Phi) is 4.66. The van der Waals surface area contributed by atoms with Crippen LogP contribution in [0.25, 0.3) is 11.5 Å². The van der Waals surface area contributed by atoms with Crippen LogP contribution in [0.4, 0.5) is 0 Å². The molecule has 0 aliphatic carbocycles. The van der Waals surface area contributed by atoms with E-state index in [9.17, 15) is 13.7 Å². The van der Waals surface area contributed by atoms with Gasteiger partial charge >= 0.3 is 0 Å². The molecule has 132 valence electrons. The number of aryl methyl sites for hydroxylation is 3. The minimum atomic E-state index is -3.84. The number of oxazole rings is 1. The van der Waals surface area contributed by atoms with Crippen molar-refractivity contribution in [3.05, 3.63) is 70.4 Å². The molecule has 5 nitrogen and oxygen atoms in total. The maximum atomic E-state index is 12.8. The summed E-state index contributed by atoms with van der Waals surface area (Å²) in [4.78, 5) is 4.06. The molecule has 2 aromatic carbocycles. The summed E-state index contributed by atoms with van der Waals surface area (Å²) in [5, 5.41) is 8.92. The van der Waals surface area contributed by atoms with Crippen LogP contribution in [-0.2, 0) is 15.6 Å². The molecule has 0 aliphatic rings. The Morgan fingerprint density at radius 1 is 1.00 bits per heavy atom. The van der Waals surface area contributed by atoms with E-state index < -0.39 is 9.84 Å². The van der Waals surface area contributed by atoms with Crippen molar-refractivity contribution in [2.24, 2.45) is 0 Å². The van der Waals surface area contributed by atoms with Gasteiger partial charge in [0.15, 0.2) is 5.69 Å². The molecule has 0 unspecified atom stereocenters. The molecule has 26 heavy (non-hydrogen) atoms. The minimum Gasteiger partial charge on any atom is -0.423 e. The average Bonchev–Trinajstić information content (AvgIpc) is 2.99. The maximum absolute atomic E-state index is 12.8. The number of benzene rings is 2. The zero-order chi connectivity index (χ0) is 18.9. The second kappa shape index (κ2) is 6.77. The van der Waals surface area contributed by atoms with E-state index >= 15 is 0 Å². The molecule has 0 N–H and O–H groups in total. The molecular weight excluding hydrogens is 348 g/mol. The van der Waals surface area contributed by atoms with Crippen LogP contribution >= 0.6 is 0 Å². The first kappa shape index (κ1) is 17.9. The van der Waals surface area contributed by atoms with E-state index in [1.165, 1.54) is 0 Å². The summed E-state index contributed by atoms with van der Waals surface area (Å²) >= 11 is 0. The van der Waals surface area contributed by atoms with Gasteiger partial charge in [-0.05, 0) is 38.5 Å². The van der Waals surface area contributed by atoms with Crippen LogP contribution in [0, 0.1) is 32.1 Å². The van der Waals surface area contributed by atoms with Gasteiger partial charge in [0, 0.05) is 5.56 Å². The lowest BCUT2D eigenvalue weighted by Gasteiger charge is -2.05. The van der Waals surface area contributed by atoms with Crippen molar-refractivity contribution in [3.63, 3.8) is 0 Å². The second-order valence-electron chi connectivity index (χ2n) is 6.39. The topological polar surface area (TPSA) is 84.0 Å². The molecule has 3 rings (SSSR count). The van der Waals surface area contributed by atoms with Crippen LogP contribution < -0.4 is 0 Å². The fourth-order valence-corrected chi connectivity index (χ4v) is 4.17. The highest BCUT2D eigenvalue weighted by atomic mass is 32.2. The van der Waals surface area contributed by atoms with E-state index in [1.807, 2.05) is 57.2 Å². The third-order valence-electron chi connectivity index (χ3n) is 3.92. The fraction of sp³-hybridized carbons (Fsp3) is 0.200. The average molecular weight is 366 g/mol. The van der Waals surface area contributed by atoms with Crippen molar-refractivity contribution in [2.45, 2.75) is 31.6 Å². The van der Waals surface area contributed by atoms with E-state index in [4.69, 9.17) is 4.42 Å².